The van der Waals surface area contributed by atoms with Gasteiger partial charge in [-0.05, 0) is 24.1 Å². The first-order valence-corrected chi connectivity index (χ1v) is 12.4. The molecule has 0 amide bonds. The Kier molecular flexibility index (Phi) is 9.74. The number of hydrogen-bond acceptors (Lipinski definition) is 11. The van der Waals surface area contributed by atoms with Crippen molar-refractivity contribution in [3.63, 3.8) is 0 Å². The summed E-state index contributed by atoms with van der Waals surface area (Å²) < 4.78 is 40.3. The molecule has 0 bridgehead atoms. The maximum absolute atomic E-state index is 11.7. The van der Waals surface area contributed by atoms with Crippen molar-refractivity contribution >= 4 is 17.9 Å². The Labute approximate surface area is 216 Å². The average molecular weight is 525 g/mol. The number of aliphatic hydroxyl groups is 1. The zero-order chi connectivity index (χ0) is 27.3. The van der Waals surface area contributed by atoms with Gasteiger partial charge in [0.15, 0.2) is 17.6 Å². The second-order valence-corrected chi connectivity index (χ2v) is 9.34. The zero-order valence-corrected chi connectivity index (χ0v) is 22.0. The van der Waals surface area contributed by atoms with Crippen LogP contribution in [0.2, 0.25) is 0 Å². The highest BCUT2D eigenvalue weighted by Gasteiger charge is 2.47. The Morgan fingerprint density at radius 1 is 0.838 bits per heavy atom. The van der Waals surface area contributed by atoms with Gasteiger partial charge < -0.3 is 38.3 Å². The SMILES string of the molecule is CC[C@H]1O[C@@H](Oc2cc(CO)ccc2O[C@@H]2O[C@H](COC(C)=O)[C@@H](OC(C)=O)[C@H]2C)[C@@H](OC(C)=O)C1C. The molecule has 1 aromatic rings. The summed E-state index contributed by atoms with van der Waals surface area (Å²) in [7, 11) is 0. The zero-order valence-electron chi connectivity index (χ0n) is 22.0. The van der Waals surface area contributed by atoms with Crippen molar-refractivity contribution in [2.75, 3.05) is 6.61 Å². The summed E-state index contributed by atoms with van der Waals surface area (Å²) in [6.07, 6.45) is -3.32. The van der Waals surface area contributed by atoms with Crippen LogP contribution in [0.1, 0.15) is 53.5 Å². The molecule has 37 heavy (non-hydrogen) atoms. The van der Waals surface area contributed by atoms with Gasteiger partial charge in [-0.3, -0.25) is 14.4 Å². The van der Waals surface area contributed by atoms with Gasteiger partial charge in [0.2, 0.25) is 12.6 Å². The van der Waals surface area contributed by atoms with Crippen molar-refractivity contribution in [2.24, 2.45) is 11.8 Å². The molecule has 0 aliphatic carbocycles. The number of ether oxygens (including phenoxy) is 7. The molecule has 3 rings (SSSR count). The minimum absolute atomic E-state index is 0.103. The molecule has 11 nitrogen and oxygen atoms in total. The summed E-state index contributed by atoms with van der Waals surface area (Å²) >= 11 is 0. The molecule has 2 fully saturated rings. The van der Waals surface area contributed by atoms with Crippen molar-refractivity contribution in [1.29, 1.82) is 0 Å². The lowest BCUT2D eigenvalue weighted by Crippen LogP contribution is -2.35. The van der Waals surface area contributed by atoms with E-state index < -0.39 is 54.7 Å². The maximum Gasteiger partial charge on any atom is 0.303 e. The molecule has 0 saturated carbocycles. The average Bonchev–Trinajstić information content (AvgIpc) is 3.28. The molecule has 2 saturated heterocycles. The van der Waals surface area contributed by atoms with Crippen molar-refractivity contribution in [2.45, 2.75) is 91.6 Å². The van der Waals surface area contributed by atoms with Gasteiger partial charge in [0.1, 0.15) is 18.8 Å². The van der Waals surface area contributed by atoms with E-state index in [0.717, 1.165) is 0 Å². The van der Waals surface area contributed by atoms with Gasteiger partial charge in [-0.2, -0.15) is 0 Å². The van der Waals surface area contributed by atoms with Crippen LogP contribution in [0.25, 0.3) is 0 Å². The quantitative estimate of drug-likeness (QED) is 0.357. The van der Waals surface area contributed by atoms with E-state index in [-0.39, 0.29) is 36.7 Å². The van der Waals surface area contributed by atoms with Crippen LogP contribution in [0.5, 0.6) is 11.5 Å². The predicted molar refractivity (Wildman–Crippen MR) is 127 cm³/mol. The van der Waals surface area contributed by atoms with Gasteiger partial charge in [-0.25, -0.2) is 0 Å². The van der Waals surface area contributed by atoms with Gasteiger partial charge in [0.05, 0.1) is 18.6 Å². The van der Waals surface area contributed by atoms with Crippen LogP contribution in [0.3, 0.4) is 0 Å². The number of aliphatic hydroxyl groups excluding tert-OH is 1. The number of benzene rings is 1. The number of hydrogen-bond donors (Lipinski definition) is 1. The molecule has 206 valence electrons. The lowest BCUT2D eigenvalue weighted by Gasteiger charge is -2.25. The molecule has 1 unspecified atom stereocenters. The second-order valence-electron chi connectivity index (χ2n) is 9.34. The first kappa shape index (κ1) is 28.7. The van der Waals surface area contributed by atoms with Gasteiger partial charge in [0.25, 0.3) is 0 Å². The topological polar surface area (TPSA) is 136 Å². The third-order valence-corrected chi connectivity index (χ3v) is 6.44. The maximum atomic E-state index is 11.7. The standard InChI is InChI=1S/C26H36O11/c1-7-19-13(2)24(33-17(6)30)26(34-19)36-21-10-18(11-27)8-9-20(21)35-25-14(3)23(32-16(5)29)22(37-25)12-31-15(4)28/h8-10,13-14,19,22-27H,7,11-12H2,1-6H3/t13?,14-,19-,22-,23+,24+,25-,26+/m1/s1. The normalized spacial score (nSPS) is 31.0. The van der Waals surface area contributed by atoms with E-state index in [2.05, 4.69) is 0 Å². The van der Waals surface area contributed by atoms with Gasteiger partial charge in [-0.15, -0.1) is 0 Å². The largest absolute Gasteiger partial charge is 0.463 e. The molecule has 1 aromatic carbocycles. The number of carbonyl (C=O) groups excluding carboxylic acids is 3. The van der Waals surface area contributed by atoms with E-state index in [0.29, 0.717) is 12.0 Å². The molecular weight excluding hydrogens is 488 g/mol. The Morgan fingerprint density at radius 2 is 1.46 bits per heavy atom. The molecule has 2 heterocycles. The smallest absolute Gasteiger partial charge is 0.303 e. The highest BCUT2D eigenvalue weighted by molar-refractivity contribution is 5.67. The van der Waals surface area contributed by atoms with E-state index in [1.807, 2.05) is 13.8 Å². The minimum atomic E-state index is -0.896. The van der Waals surface area contributed by atoms with Gasteiger partial charge >= 0.3 is 17.9 Å². The fraction of sp³-hybridized carbons (Fsp3) is 0.654. The van der Waals surface area contributed by atoms with Crippen LogP contribution in [-0.2, 0) is 44.7 Å². The number of esters is 3. The minimum Gasteiger partial charge on any atom is -0.463 e. The fourth-order valence-electron chi connectivity index (χ4n) is 4.55. The van der Waals surface area contributed by atoms with Crippen LogP contribution in [0.4, 0.5) is 0 Å². The molecule has 2 aliphatic heterocycles. The number of carbonyl (C=O) groups is 3. The molecule has 1 N–H and O–H groups in total. The third kappa shape index (κ3) is 7.12. The predicted octanol–water partition coefficient (Wildman–Crippen LogP) is 2.50. The van der Waals surface area contributed by atoms with Crippen molar-refractivity contribution < 1.29 is 52.6 Å². The van der Waals surface area contributed by atoms with Crippen LogP contribution < -0.4 is 9.47 Å². The Bertz CT molecular complexity index is 964. The first-order valence-electron chi connectivity index (χ1n) is 12.4. The van der Waals surface area contributed by atoms with Crippen LogP contribution in [0, 0.1) is 11.8 Å². The molecular formula is C26H36O11. The summed E-state index contributed by atoms with van der Waals surface area (Å²) in [6, 6.07) is 4.89. The summed E-state index contributed by atoms with van der Waals surface area (Å²) in [4.78, 5) is 34.7. The Hall–Kier alpha value is -2.89. The van der Waals surface area contributed by atoms with Gasteiger partial charge in [0, 0.05) is 26.7 Å². The molecule has 8 atom stereocenters. The molecule has 0 radical (unpaired) electrons. The van der Waals surface area contributed by atoms with Crippen molar-refractivity contribution in [3.05, 3.63) is 23.8 Å². The highest BCUT2D eigenvalue weighted by atomic mass is 16.7. The third-order valence-electron chi connectivity index (χ3n) is 6.44. The van der Waals surface area contributed by atoms with Crippen molar-refractivity contribution in [1.82, 2.24) is 0 Å². The fourth-order valence-corrected chi connectivity index (χ4v) is 4.55. The van der Waals surface area contributed by atoms with Crippen molar-refractivity contribution in [3.8, 4) is 11.5 Å². The van der Waals surface area contributed by atoms with E-state index >= 15 is 0 Å². The molecule has 0 aromatic heterocycles. The lowest BCUT2D eigenvalue weighted by atomic mass is 9.99. The summed E-state index contributed by atoms with van der Waals surface area (Å²) in [5, 5.41) is 9.68. The van der Waals surface area contributed by atoms with Crippen LogP contribution >= 0.6 is 0 Å². The monoisotopic (exact) mass is 524 g/mol. The van der Waals surface area contributed by atoms with E-state index in [9.17, 15) is 19.5 Å². The van der Waals surface area contributed by atoms with E-state index in [4.69, 9.17) is 33.2 Å². The number of rotatable bonds is 10. The summed E-state index contributed by atoms with van der Waals surface area (Å²) in [6.45, 7) is 9.23. The lowest BCUT2D eigenvalue weighted by molar-refractivity contribution is -0.164. The summed E-state index contributed by atoms with van der Waals surface area (Å²) in [5.74, 6) is -1.43. The van der Waals surface area contributed by atoms with Gasteiger partial charge in [-0.1, -0.05) is 26.8 Å². The molecule has 0 spiro atoms. The summed E-state index contributed by atoms with van der Waals surface area (Å²) in [5.41, 5.74) is 0.565. The van der Waals surface area contributed by atoms with E-state index in [1.165, 1.54) is 20.8 Å². The van der Waals surface area contributed by atoms with Crippen LogP contribution in [0.15, 0.2) is 18.2 Å². The Morgan fingerprint density at radius 3 is 2.05 bits per heavy atom. The molecule has 2 aliphatic rings. The first-order chi connectivity index (χ1) is 17.5. The Balaban J connectivity index is 1.84. The van der Waals surface area contributed by atoms with E-state index in [1.54, 1.807) is 25.1 Å². The second kappa shape index (κ2) is 12.6. The molecule has 11 heteroatoms. The highest BCUT2D eigenvalue weighted by Crippen LogP contribution is 2.39. The van der Waals surface area contributed by atoms with Crippen LogP contribution in [-0.4, -0.2) is 66.6 Å².